The van der Waals surface area contributed by atoms with Gasteiger partial charge in [0, 0.05) is 56.2 Å². The van der Waals surface area contributed by atoms with Crippen LogP contribution in [0.1, 0.15) is 0 Å². The highest BCUT2D eigenvalue weighted by atomic mass is 15.3. The van der Waals surface area contributed by atoms with E-state index >= 15 is 0 Å². The number of para-hydroxylation sites is 1. The first-order valence-electron chi connectivity index (χ1n) is 44.8. The van der Waals surface area contributed by atoms with Crippen molar-refractivity contribution in [2.24, 2.45) is 0 Å². The van der Waals surface area contributed by atoms with Crippen molar-refractivity contribution in [3.63, 3.8) is 0 Å². The van der Waals surface area contributed by atoms with Crippen molar-refractivity contribution in [3.05, 3.63) is 546 Å². The van der Waals surface area contributed by atoms with E-state index in [1.807, 2.05) is 67.0 Å². The maximum atomic E-state index is 5.39. The Morgan fingerprint density at radius 1 is 0.143 bits per heavy atom. The average molecular weight is 1700 g/mol. The highest BCUT2D eigenvalue weighted by molar-refractivity contribution is 5.99. The molecule has 0 N–H and O–H groups in total. The normalized spacial score (nSPS) is 10.9. The summed E-state index contributed by atoms with van der Waals surface area (Å²) in [4.78, 5) is 32.3. The molecule has 0 radical (unpaired) electrons. The lowest BCUT2D eigenvalue weighted by Gasteiger charge is -2.25. The molecule has 8 nitrogen and oxygen atoms in total. The molecule has 0 atom stereocenters. The molecule has 133 heavy (non-hydrogen) atoms. The van der Waals surface area contributed by atoms with E-state index in [9.17, 15) is 0 Å². The summed E-state index contributed by atoms with van der Waals surface area (Å²) < 4.78 is 0. The number of nitrogens with zero attached hydrogens (tertiary/aromatic N) is 8. The number of benzene rings is 19. The predicted molar refractivity (Wildman–Crippen MR) is 555 cm³/mol. The summed E-state index contributed by atoms with van der Waals surface area (Å²) >= 11 is 0. The lowest BCUT2D eigenvalue weighted by molar-refractivity contribution is 1.11. The molecule has 0 unspecified atom stereocenters. The van der Waals surface area contributed by atoms with Crippen molar-refractivity contribution in [3.8, 4) is 134 Å². The standard InChI is InChI=1S/C44H31N3.C41H30N2.C40H29N3/c1-4-14-32(15-5-1)34-24-28-37(29-25-34)47(38-30-26-35(27-31-38)33-16-6-2-7-17-33)44-45-42-23-13-12-22-41(42)43(46-44)40-21-11-10-20-39(40)36-18-8-3-9-19-36;1-4-13-31(14-5-1)33-23-27-36(28-24-33)43(37-29-25-34(26-30-37)32-15-6-2-7-16-32)41-22-12-21-40(42-41)39-20-11-10-19-38(39)35-17-8-3-9-18-35;1-4-12-30(13-5-1)32-20-24-35(25-21-32)43(36-26-22-33(23-27-36)31-14-6-2-7-15-31)40-29-41-28-39(42-40)38-19-11-10-18-37(38)34-16-8-3-9-17-34/h1-31H;1-30H;1-29H. The molecule has 8 heteroatoms. The Morgan fingerprint density at radius 2 is 0.391 bits per heavy atom. The number of anilines is 9. The molecule has 3 aromatic heterocycles. The maximum Gasteiger partial charge on any atom is 0.235 e. The van der Waals surface area contributed by atoms with E-state index in [0.717, 1.165) is 124 Å². The number of fused-ring (bicyclic) bond motifs is 1. The van der Waals surface area contributed by atoms with Crippen LogP contribution in [0.3, 0.4) is 0 Å². The van der Waals surface area contributed by atoms with E-state index in [-0.39, 0.29) is 0 Å². The lowest BCUT2D eigenvalue weighted by Crippen LogP contribution is -2.14. The Morgan fingerprint density at radius 3 is 0.729 bits per heavy atom. The first-order chi connectivity index (χ1) is 66.0. The van der Waals surface area contributed by atoms with Gasteiger partial charge in [0.15, 0.2) is 5.82 Å². The van der Waals surface area contributed by atoms with Crippen molar-refractivity contribution in [2.75, 3.05) is 14.7 Å². The Balaban J connectivity index is 0.000000124. The minimum atomic E-state index is 0.612. The van der Waals surface area contributed by atoms with Crippen LogP contribution < -0.4 is 14.7 Å². The molecule has 0 aliphatic heterocycles. The van der Waals surface area contributed by atoms with Crippen LogP contribution in [0.2, 0.25) is 0 Å². The fraction of sp³-hybridized carbons (Fsp3) is 0. The minimum Gasteiger partial charge on any atom is -0.295 e. The molecular weight excluding hydrogens is 1610 g/mol. The van der Waals surface area contributed by atoms with Crippen LogP contribution in [0.4, 0.5) is 51.7 Å². The Bertz CT molecular complexity index is 7040. The summed E-state index contributed by atoms with van der Waals surface area (Å²) in [5, 5.41) is 1.01. The second kappa shape index (κ2) is 40.0. The topological polar surface area (TPSA) is 74.2 Å². The van der Waals surface area contributed by atoms with Gasteiger partial charge in [-0.1, -0.05) is 443 Å². The summed E-state index contributed by atoms with van der Waals surface area (Å²) in [6, 6.07) is 186. The highest BCUT2D eigenvalue weighted by Crippen LogP contribution is 2.45. The van der Waals surface area contributed by atoms with Crippen LogP contribution in [-0.4, -0.2) is 24.9 Å². The second-order valence-electron chi connectivity index (χ2n) is 32.3. The number of pyridine rings is 1. The van der Waals surface area contributed by atoms with Crippen LogP contribution in [0.25, 0.3) is 145 Å². The smallest absolute Gasteiger partial charge is 0.235 e. The van der Waals surface area contributed by atoms with E-state index in [0.29, 0.717) is 5.95 Å². The monoisotopic (exact) mass is 1700 g/mol. The third-order valence-electron chi connectivity index (χ3n) is 23.8. The van der Waals surface area contributed by atoms with Crippen molar-refractivity contribution < 1.29 is 0 Å². The van der Waals surface area contributed by atoms with Gasteiger partial charge in [0.2, 0.25) is 5.95 Å². The molecule has 0 bridgehead atoms. The van der Waals surface area contributed by atoms with Gasteiger partial charge in [-0.25, -0.2) is 19.9 Å². The second-order valence-corrected chi connectivity index (χ2v) is 32.3. The van der Waals surface area contributed by atoms with Gasteiger partial charge in [0.1, 0.15) is 5.82 Å². The number of hydrogen-bond donors (Lipinski definition) is 0. The molecule has 19 aromatic carbocycles. The average Bonchev–Trinajstić information content (AvgIpc) is 0.745. The van der Waals surface area contributed by atoms with Crippen molar-refractivity contribution in [1.82, 2.24) is 24.9 Å². The molecular formula is C125H90N8. The SMILES string of the molecule is c1ccc(-c2ccc(N(c3ccc(-c4ccccc4)cc3)c3cccc(-c4ccccc4-c4ccccc4)n3)cc2)cc1.c1ccc(-c2ccc(N(c3ccc(-c4ccccc4)cc3)c3cncc(-c4ccccc4-c4ccccc4)n3)cc2)cc1.c1ccc(-c2ccc(N(c3ccc(-c4ccccc4)cc3)c3nc(-c4ccccc4-c4ccccc4)c4ccccc4n3)cc2)cc1. The first kappa shape index (κ1) is 83.4. The summed E-state index contributed by atoms with van der Waals surface area (Å²) in [6.07, 6.45) is 3.69. The summed E-state index contributed by atoms with van der Waals surface area (Å²) in [5.74, 6) is 2.22. The zero-order valence-corrected chi connectivity index (χ0v) is 73.0. The van der Waals surface area contributed by atoms with Crippen LogP contribution in [0, 0.1) is 0 Å². The molecule has 0 aliphatic rings. The molecule has 0 amide bonds. The van der Waals surface area contributed by atoms with E-state index in [4.69, 9.17) is 24.9 Å². The zero-order chi connectivity index (χ0) is 89.1. The summed E-state index contributed by atoms with van der Waals surface area (Å²) in [6.45, 7) is 0. The van der Waals surface area contributed by atoms with Crippen LogP contribution in [0.15, 0.2) is 546 Å². The maximum absolute atomic E-state index is 5.39. The van der Waals surface area contributed by atoms with Gasteiger partial charge in [-0.3, -0.25) is 19.7 Å². The van der Waals surface area contributed by atoms with E-state index < -0.39 is 0 Å². The molecule has 3 heterocycles. The molecule has 22 aromatic rings. The van der Waals surface area contributed by atoms with E-state index in [2.05, 4.69) is 494 Å². The number of rotatable bonds is 21. The van der Waals surface area contributed by atoms with Crippen LogP contribution in [0.5, 0.6) is 0 Å². The van der Waals surface area contributed by atoms with Gasteiger partial charge in [-0.15, -0.1) is 0 Å². The number of aromatic nitrogens is 5. The Hall–Kier alpha value is -17.9. The molecule has 0 aliphatic carbocycles. The Kier molecular flexibility index (Phi) is 25.1. The van der Waals surface area contributed by atoms with E-state index in [1.165, 1.54) is 66.8 Å². The molecule has 0 saturated heterocycles. The summed E-state index contributed by atoms with van der Waals surface area (Å²) in [7, 11) is 0. The van der Waals surface area contributed by atoms with Crippen molar-refractivity contribution in [1.29, 1.82) is 0 Å². The fourth-order valence-corrected chi connectivity index (χ4v) is 17.2. The molecule has 0 saturated carbocycles. The van der Waals surface area contributed by atoms with Crippen molar-refractivity contribution in [2.45, 2.75) is 0 Å². The van der Waals surface area contributed by atoms with Crippen LogP contribution in [-0.2, 0) is 0 Å². The van der Waals surface area contributed by atoms with Crippen LogP contribution >= 0.6 is 0 Å². The van der Waals surface area contributed by atoms with Gasteiger partial charge in [-0.05, 0) is 191 Å². The van der Waals surface area contributed by atoms with Gasteiger partial charge in [0.05, 0.1) is 35.0 Å². The predicted octanol–water partition coefficient (Wildman–Crippen LogP) is 33.6. The van der Waals surface area contributed by atoms with Gasteiger partial charge >= 0.3 is 0 Å². The van der Waals surface area contributed by atoms with Gasteiger partial charge < -0.3 is 0 Å². The van der Waals surface area contributed by atoms with Gasteiger partial charge in [-0.2, -0.15) is 0 Å². The minimum absolute atomic E-state index is 0.612. The van der Waals surface area contributed by atoms with E-state index in [1.54, 1.807) is 0 Å². The lowest BCUT2D eigenvalue weighted by atomic mass is 9.96. The summed E-state index contributed by atoms with van der Waals surface area (Å²) in [5.41, 5.74) is 33.9. The molecule has 0 spiro atoms. The molecule has 630 valence electrons. The third-order valence-corrected chi connectivity index (χ3v) is 23.8. The molecule has 0 fully saturated rings. The molecule has 22 rings (SSSR count). The van der Waals surface area contributed by atoms with Crippen molar-refractivity contribution >= 4 is 62.6 Å². The Labute approximate surface area is 777 Å². The third kappa shape index (κ3) is 19.1. The zero-order valence-electron chi connectivity index (χ0n) is 73.0. The highest BCUT2D eigenvalue weighted by Gasteiger charge is 2.24. The quantitative estimate of drug-likeness (QED) is 0.0705. The number of hydrogen-bond acceptors (Lipinski definition) is 8. The first-order valence-corrected chi connectivity index (χ1v) is 44.8. The fourth-order valence-electron chi connectivity index (χ4n) is 17.2. The largest absolute Gasteiger partial charge is 0.295 e. The van der Waals surface area contributed by atoms with Gasteiger partial charge in [0.25, 0.3) is 0 Å².